The highest BCUT2D eigenvalue weighted by Gasteiger charge is 2.09. The molecule has 0 saturated carbocycles. The van der Waals surface area contributed by atoms with Gasteiger partial charge in [0.25, 0.3) is 0 Å². The number of carboxylic acids is 1. The number of rotatable bonds is 4. The van der Waals surface area contributed by atoms with Gasteiger partial charge in [-0.05, 0) is 66.9 Å². The lowest BCUT2D eigenvalue weighted by molar-refractivity contribution is 0.0697. The summed E-state index contributed by atoms with van der Waals surface area (Å²) in [5.74, 6) is -0.983. The first-order valence-electron chi connectivity index (χ1n) is 8.20. The van der Waals surface area contributed by atoms with Crippen molar-refractivity contribution in [3.8, 4) is 11.8 Å². The summed E-state index contributed by atoms with van der Waals surface area (Å²) in [4.78, 5) is 11.0. The number of allylic oxidation sites excluding steroid dienone is 1. The van der Waals surface area contributed by atoms with Gasteiger partial charge in [0.2, 0.25) is 0 Å². The van der Waals surface area contributed by atoms with Crippen LogP contribution in [0.1, 0.15) is 32.7 Å². The fourth-order valence-corrected chi connectivity index (χ4v) is 2.85. The molecule has 4 nitrogen and oxygen atoms in total. The van der Waals surface area contributed by atoms with Crippen LogP contribution in [0.3, 0.4) is 0 Å². The smallest absolute Gasteiger partial charge is 0.335 e. The van der Waals surface area contributed by atoms with Crippen LogP contribution in [-0.4, -0.2) is 15.6 Å². The number of carboxylic acid groups (broad SMARTS) is 1. The number of aromatic carboxylic acids is 1. The van der Waals surface area contributed by atoms with Crippen molar-refractivity contribution >= 4 is 17.6 Å². The second kappa shape index (κ2) is 7.12. The molecule has 128 valence electrons. The molecule has 0 fully saturated rings. The number of aryl methyl sites for hydroxylation is 1. The van der Waals surface area contributed by atoms with E-state index in [-0.39, 0.29) is 5.56 Å². The molecule has 1 heterocycles. The zero-order valence-electron chi connectivity index (χ0n) is 14.6. The van der Waals surface area contributed by atoms with Crippen molar-refractivity contribution < 1.29 is 9.90 Å². The summed E-state index contributed by atoms with van der Waals surface area (Å²) in [6.07, 6.45) is 3.79. The first-order chi connectivity index (χ1) is 12.5. The van der Waals surface area contributed by atoms with Gasteiger partial charge in [-0.15, -0.1) is 0 Å². The average Bonchev–Trinajstić information content (AvgIpc) is 3.10. The van der Waals surface area contributed by atoms with Crippen LogP contribution in [0, 0.1) is 25.2 Å². The van der Waals surface area contributed by atoms with Gasteiger partial charge in [0.05, 0.1) is 17.2 Å². The number of hydrogen-bond donors (Lipinski definition) is 1. The van der Waals surface area contributed by atoms with E-state index >= 15 is 0 Å². The number of aromatic nitrogens is 1. The van der Waals surface area contributed by atoms with E-state index in [0.717, 1.165) is 11.4 Å². The molecule has 0 atom stereocenters. The second-order valence-corrected chi connectivity index (χ2v) is 6.07. The van der Waals surface area contributed by atoms with Gasteiger partial charge in [-0.25, -0.2) is 4.79 Å². The lowest BCUT2D eigenvalue weighted by Crippen LogP contribution is -1.99. The number of nitriles is 1. The third-order valence-electron chi connectivity index (χ3n) is 4.47. The van der Waals surface area contributed by atoms with Crippen LogP contribution in [0.15, 0.2) is 60.8 Å². The largest absolute Gasteiger partial charge is 0.478 e. The zero-order chi connectivity index (χ0) is 18.7. The normalized spacial score (nSPS) is 11.2. The third kappa shape index (κ3) is 3.28. The Morgan fingerprint density at radius 1 is 1.04 bits per heavy atom. The molecule has 0 unspecified atom stereocenters. The van der Waals surface area contributed by atoms with Crippen molar-refractivity contribution in [2.24, 2.45) is 0 Å². The van der Waals surface area contributed by atoms with Gasteiger partial charge < -0.3 is 9.67 Å². The molecule has 0 amide bonds. The van der Waals surface area contributed by atoms with Crippen LogP contribution in [-0.2, 0) is 0 Å². The molecule has 0 spiro atoms. The summed E-state index contributed by atoms with van der Waals surface area (Å²) >= 11 is 0. The number of benzene rings is 2. The van der Waals surface area contributed by atoms with Crippen molar-refractivity contribution in [1.82, 2.24) is 4.57 Å². The van der Waals surface area contributed by atoms with E-state index in [0.29, 0.717) is 11.1 Å². The van der Waals surface area contributed by atoms with Crippen LogP contribution in [0.2, 0.25) is 0 Å². The van der Waals surface area contributed by atoms with Gasteiger partial charge in [0.1, 0.15) is 0 Å². The molecule has 1 aromatic heterocycles. The Balaban J connectivity index is 2.04. The van der Waals surface area contributed by atoms with Crippen molar-refractivity contribution in [2.75, 3.05) is 0 Å². The predicted octanol–water partition coefficient (Wildman–Crippen LogP) is 4.86. The van der Waals surface area contributed by atoms with Crippen LogP contribution < -0.4 is 0 Å². The predicted molar refractivity (Wildman–Crippen MR) is 102 cm³/mol. The molecule has 0 radical (unpaired) electrons. The van der Waals surface area contributed by atoms with E-state index in [4.69, 9.17) is 5.11 Å². The standard InChI is InChI=1S/C22H18N2O2/c1-15-5-3-7-21(16(15)2)24-12-4-6-20(24)13-19(14-23)17-8-10-18(11-9-17)22(25)26/h3-13H,1-2H3,(H,25,26). The van der Waals surface area contributed by atoms with Gasteiger partial charge in [-0.1, -0.05) is 24.3 Å². The maximum Gasteiger partial charge on any atom is 0.335 e. The van der Waals surface area contributed by atoms with E-state index in [2.05, 4.69) is 26.0 Å². The van der Waals surface area contributed by atoms with E-state index in [1.165, 1.54) is 23.3 Å². The molecular weight excluding hydrogens is 324 g/mol. The monoisotopic (exact) mass is 342 g/mol. The lowest BCUT2D eigenvalue weighted by atomic mass is 10.0. The van der Waals surface area contributed by atoms with Crippen molar-refractivity contribution in [3.63, 3.8) is 0 Å². The molecular formula is C22H18N2O2. The Morgan fingerprint density at radius 3 is 2.38 bits per heavy atom. The van der Waals surface area contributed by atoms with Gasteiger partial charge >= 0.3 is 5.97 Å². The molecule has 4 heteroatoms. The summed E-state index contributed by atoms with van der Waals surface area (Å²) in [7, 11) is 0. The highest BCUT2D eigenvalue weighted by Crippen LogP contribution is 2.24. The maximum absolute atomic E-state index is 11.0. The molecule has 1 N–H and O–H groups in total. The van der Waals surface area contributed by atoms with Gasteiger partial charge in [-0.2, -0.15) is 5.26 Å². The fraction of sp³-hybridized carbons (Fsp3) is 0.0909. The van der Waals surface area contributed by atoms with Gasteiger partial charge in [0.15, 0.2) is 0 Å². The Kier molecular flexibility index (Phi) is 4.72. The minimum absolute atomic E-state index is 0.199. The number of carbonyl (C=O) groups is 1. The Morgan fingerprint density at radius 2 is 1.73 bits per heavy atom. The SMILES string of the molecule is Cc1cccc(-n2cccc2C=C(C#N)c2ccc(C(=O)O)cc2)c1C. The Hall–Kier alpha value is -3.58. The number of hydrogen-bond acceptors (Lipinski definition) is 2. The maximum atomic E-state index is 11.0. The van der Waals surface area contributed by atoms with Crippen molar-refractivity contribution in [3.05, 3.63) is 88.7 Å². The van der Waals surface area contributed by atoms with E-state index in [9.17, 15) is 10.1 Å². The Bertz CT molecular complexity index is 1030. The van der Waals surface area contributed by atoms with Crippen molar-refractivity contribution in [2.45, 2.75) is 13.8 Å². The van der Waals surface area contributed by atoms with Crippen LogP contribution in [0.25, 0.3) is 17.3 Å². The second-order valence-electron chi connectivity index (χ2n) is 6.07. The van der Waals surface area contributed by atoms with Crippen LogP contribution >= 0.6 is 0 Å². The Labute approximate surface area is 152 Å². The minimum Gasteiger partial charge on any atom is -0.478 e. The van der Waals surface area contributed by atoms with Crippen LogP contribution in [0.4, 0.5) is 0 Å². The van der Waals surface area contributed by atoms with E-state index in [1.807, 2.05) is 41.1 Å². The first-order valence-corrected chi connectivity index (χ1v) is 8.20. The van der Waals surface area contributed by atoms with Crippen molar-refractivity contribution in [1.29, 1.82) is 5.26 Å². The average molecular weight is 342 g/mol. The highest BCUT2D eigenvalue weighted by molar-refractivity contribution is 5.92. The van der Waals surface area contributed by atoms with Crippen LogP contribution in [0.5, 0.6) is 0 Å². The molecule has 26 heavy (non-hydrogen) atoms. The fourth-order valence-electron chi connectivity index (χ4n) is 2.85. The summed E-state index contributed by atoms with van der Waals surface area (Å²) in [6.45, 7) is 4.15. The molecule has 0 bridgehead atoms. The van der Waals surface area contributed by atoms with Gasteiger partial charge in [-0.3, -0.25) is 0 Å². The molecule has 0 aliphatic rings. The molecule has 0 saturated heterocycles. The zero-order valence-corrected chi connectivity index (χ0v) is 14.6. The summed E-state index contributed by atoms with van der Waals surface area (Å²) in [5, 5.41) is 18.6. The number of nitrogens with zero attached hydrogens (tertiary/aromatic N) is 2. The highest BCUT2D eigenvalue weighted by atomic mass is 16.4. The lowest BCUT2D eigenvalue weighted by Gasteiger charge is -2.12. The molecule has 3 rings (SSSR count). The van der Waals surface area contributed by atoms with Gasteiger partial charge in [0, 0.05) is 17.6 Å². The van der Waals surface area contributed by atoms with E-state index < -0.39 is 5.97 Å². The van der Waals surface area contributed by atoms with E-state index in [1.54, 1.807) is 12.1 Å². The summed E-state index contributed by atoms with van der Waals surface area (Å²) in [6, 6.07) is 18.6. The third-order valence-corrected chi connectivity index (χ3v) is 4.47. The molecule has 0 aliphatic heterocycles. The molecule has 2 aromatic carbocycles. The summed E-state index contributed by atoms with van der Waals surface area (Å²) in [5.41, 5.74) is 5.71. The summed E-state index contributed by atoms with van der Waals surface area (Å²) < 4.78 is 2.05. The first kappa shape index (κ1) is 17.2. The molecule has 3 aromatic rings. The molecule has 0 aliphatic carbocycles. The topological polar surface area (TPSA) is 66.0 Å². The minimum atomic E-state index is -0.983. The quantitative estimate of drug-likeness (QED) is 0.689.